The third-order valence-electron chi connectivity index (χ3n) is 3.97. The van der Waals surface area contributed by atoms with E-state index in [1.807, 2.05) is 18.2 Å². The Bertz CT molecular complexity index is 708. The van der Waals surface area contributed by atoms with Crippen LogP contribution in [0.4, 0.5) is 4.39 Å². The van der Waals surface area contributed by atoms with Crippen molar-refractivity contribution >= 4 is 24.0 Å². The highest BCUT2D eigenvalue weighted by Crippen LogP contribution is 2.13. The summed E-state index contributed by atoms with van der Waals surface area (Å²) < 4.78 is 14.1. The maximum atomic E-state index is 14.1. The second-order valence-corrected chi connectivity index (χ2v) is 6.50. The van der Waals surface area contributed by atoms with Gasteiger partial charge in [-0.2, -0.15) is 10.2 Å². The molecule has 0 fully saturated rings. The fourth-order valence-electron chi connectivity index (χ4n) is 2.51. The molecular weight excluding hydrogens is 335 g/mol. The van der Waals surface area contributed by atoms with Gasteiger partial charge in [0, 0.05) is 10.6 Å². The molecule has 4 heteroatoms. The summed E-state index contributed by atoms with van der Waals surface area (Å²) in [4.78, 5) is 0. The number of hydrogen-bond acceptors (Lipinski definition) is 2. The molecule has 0 saturated heterocycles. The molecule has 0 N–H and O–H groups in total. The molecule has 2 aromatic carbocycles. The van der Waals surface area contributed by atoms with Gasteiger partial charge in [-0.05, 0) is 42.2 Å². The van der Waals surface area contributed by atoms with Crippen molar-refractivity contribution in [2.24, 2.45) is 10.2 Å². The smallest absolute Gasteiger partial charge is 0.132 e. The van der Waals surface area contributed by atoms with Crippen molar-refractivity contribution in [2.45, 2.75) is 45.4 Å². The zero-order valence-electron chi connectivity index (χ0n) is 14.6. The molecule has 0 heterocycles. The molecular formula is C21H24ClFN2. The average Bonchev–Trinajstić information content (AvgIpc) is 2.61. The Labute approximate surface area is 154 Å². The van der Waals surface area contributed by atoms with Crippen LogP contribution in [0, 0.1) is 5.82 Å². The lowest BCUT2D eigenvalue weighted by molar-refractivity contribution is 0.614. The summed E-state index contributed by atoms with van der Waals surface area (Å²) in [5.41, 5.74) is 2.37. The number of benzene rings is 2. The normalized spacial score (nSPS) is 11.6. The summed E-state index contributed by atoms with van der Waals surface area (Å²) in [7, 11) is 0. The summed E-state index contributed by atoms with van der Waals surface area (Å²) in [5, 5.41) is 8.53. The topological polar surface area (TPSA) is 24.7 Å². The quantitative estimate of drug-likeness (QED) is 0.280. The van der Waals surface area contributed by atoms with Crippen LogP contribution in [0.15, 0.2) is 52.7 Å². The van der Waals surface area contributed by atoms with Gasteiger partial charge in [0.2, 0.25) is 0 Å². The molecule has 0 aliphatic rings. The van der Waals surface area contributed by atoms with Gasteiger partial charge in [0.15, 0.2) is 0 Å². The lowest BCUT2D eigenvalue weighted by atomic mass is 10.0. The first-order valence-corrected chi connectivity index (χ1v) is 9.17. The zero-order chi connectivity index (χ0) is 17.9. The zero-order valence-corrected chi connectivity index (χ0v) is 15.3. The standard InChI is InChI=1S/C21H24ClFN2/c1-2-3-4-5-6-7-17-8-11-19(21(23)14-17)16-25-24-15-18-9-12-20(22)13-10-18/h8-16H,2-7H2,1H3/b24-15+,25-16+. The molecule has 0 aliphatic carbocycles. The molecule has 0 aliphatic heterocycles. The van der Waals surface area contributed by atoms with E-state index in [1.54, 1.807) is 30.5 Å². The molecule has 2 nitrogen and oxygen atoms in total. The van der Waals surface area contributed by atoms with Gasteiger partial charge in [-0.3, -0.25) is 0 Å². The molecule has 132 valence electrons. The van der Waals surface area contributed by atoms with Crippen molar-refractivity contribution in [1.82, 2.24) is 0 Å². The predicted octanol–water partition coefficient (Wildman–Crippen LogP) is 6.45. The summed E-state index contributed by atoms with van der Waals surface area (Å²) in [5.74, 6) is -0.253. The number of unbranched alkanes of at least 4 members (excludes halogenated alkanes) is 4. The van der Waals surface area contributed by atoms with Crippen LogP contribution in [0.3, 0.4) is 0 Å². The maximum Gasteiger partial charge on any atom is 0.132 e. The van der Waals surface area contributed by atoms with Crippen LogP contribution in [0.25, 0.3) is 0 Å². The first-order valence-electron chi connectivity index (χ1n) is 8.79. The third-order valence-corrected chi connectivity index (χ3v) is 4.23. The number of rotatable bonds is 9. The lowest BCUT2D eigenvalue weighted by Crippen LogP contribution is -1.93. The van der Waals surface area contributed by atoms with E-state index in [4.69, 9.17) is 11.6 Å². The number of aryl methyl sites for hydroxylation is 1. The van der Waals surface area contributed by atoms with Crippen molar-refractivity contribution in [1.29, 1.82) is 0 Å². The van der Waals surface area contributed by atoms with Gasteiger partial charge in [-0.15, -0.1) is 0 Å². The molecule has 2 rings (SSSR count). The highest BCUT2D eigenvalue weighted by atomic mass is 35.5. The van der Waals surface area contributed by atoms with E-state index < -0.39 is 0 Å². The minimum Gasteiger partial charge on any atom is -0.206 e. The van der Waals surface area contributed by atoms with E-state index >= 15 is 0 Å². The molecule has 0 aromatic heterocycles. The SMILES string of the molecule is CCCCCCCc1ccc(/C=N/N=C/c2ccc(Cl)cc2)c(F)c1. The fourth-order valence-corrected chi connectivity index (χ4v) is 2.63. The molecule has 0 bridgehead atoms. The Hall–Kier alpha value is -2.00. The van der Waals surface area contributed by atoms with Crippen LogP contribution in [0.5, 0.6) is 0 Å². The minimum absolute atomic E-state index is 0.253. The molecule has 0 amide bonds. The van der Waals surface area contributed by atoms with Gasteiger partial charge >= 0.3 is 0 Å². The monoisotopic (exact) mass is 358 g/mol. The highest BCUT2D eigenvalue weighted by molar-refractivity contribution is 6.30. The number of hydrogen-bond donors (Lipinski definition) is 0. The Morgan fingerprint density at radius 3 is 2.36 bits per heavy atom. The van der Waals surface area contributed by atoms with Gasteiger partial charge in [0.1, 0.15) is 5.82 Å². The Morgan fingerprint density at radius 2 is 1.64 bits per heavy atom. The Morgan fingerprint density at radius 1 is 0.920 bits per heavy atom. The van der Waals surface area contributed by atoms with Crippen LogP contribution < -0.4 is 0 Å². The third kappa shape index (κ3) is 7.18. The predicted molar refractivity (Wildman–Crippen MR) is 106 cm³/mol. The Balaban J connectivity index is 1.86. The summed E-state index contributed by atoms with van der Waals surface area (Å²) >= 11 is 5.82. The van der Waals surface area contributed by atoms with E-state index in [0.29, 0.717) is 10.6 Å². The molecule has 0 atom stereocenters. The number of halogens is 2. The lowest BCUT2D eigenvalue weighted by Gasteiger charge is -2.03. The highest BCUT2D eigenvalue weighted by Gasteiger charge is 2.02. The van der Waals surface area contributed by atoms with Gasteiger partial charge in [0.05, 0.1) is 12.4 Å². The molecule has 0 radical (unpaired) electrons. The van der Waals surface area contributed by atoms with E-state index in [2.05, 4.69) is 17.1 Å². The van der Waals surface area contributed by atoms with Gasteiger partial charge in [0.25, 0.3) is 0 Å². The molecule has 0 spiro atoms. The minimum atomic E-state index is -0.253. The molecule has 2 aromatic rings. The second-order valence-electron chi connectivity index (χ2n) is 6.06. The molecule has 0 saturated carbocycles. The van der Waals surface area contributed by atoms with Crippen molar-refractivity contribution in [3.63, 3.8) is 0 Å². The van der Waals surface area contributed by atoms with Crippen LogP contribution in [-0.4, -0.2) is 12.4 Å². The number of nitrogens with zero attached hydrogens (tertiary/aromatic N) is 2. The van der Waals surface area contributed by atoms with Crippen molar-refractivity contribution in [2.75, 3.05) is 0 Å². The fraction of sp³-hybridized carbons (Fsp3) is 0.333. The average molecular weight is 359 g/mol. The van der Waals surface area contributed by atoms with E-state index in [0.717, 1.165) is 24.0 Å². The van der Waals surface area contributed by atoms with Crippen molar-refractivity contribution in [3.8, 4) is 0 Å². The summed E-state index contributed by atoms with van der Waals surface area (Å²) in [6, 6.07) is 12.6. The van der Waals surface area contributed by atoms with E-state index in [9.17, 15) is 4.39 Å². The van der Waals surface area contributed by atoms with E-state index in [-0.39, 0.29) is 5.82 Å². The molecule has 25 heavy (non-hydrogen) atoms. The van der Waals surface area contributed by atoms with Gasteiger partial charge < -0.3 is 0 Å². The van der Waals surface area contributed by atoms with Crippen molar-refractivity contribution < 1.29 is 4.39 Å². The van der Waals surface area contributed by atoms with Crippen LogP contribution >= 0.6 is 11.6 Å². The maximum absolute atomic E-state index is 14.1. The van der Waals surface area contributed by atoms with Crippen LogP contribution in [0.1, 0.15) is 55.7 Å². The van der Waals surface area contributed by atoms with Crippen LogP contribution in [-0.2, 0) is 6.42 Å². The second kappa shape index (κ2) is 10.8. The van der Waals surface area contributed by atoms with Gasteiger partial charge in [-0.1, -0.05) is 68.5 Å². The largest absolute Gasteiger partial charge is 0.206 e. The summed E-state index contributed by atoms with van der Waals surface area (Å²) in [6.07, 6.45) is 10.1. The molecule has 0 unspecified atom stereocenters. The summed E-state index contributed by atoms with van der Waals surface area (Å²) in [6.45, 7) is 2.20. The van der Waals surface area contributed by atoms with Gasteiger partial charge in [-0.25, -0.2) is 4.39 Å². The first kappa shape index (κ1) is 19.3. The Kier molecular flexibility index (Phi) is 8.33. The van der Waals surface area contributed by atoms with Crippen molar-refractivity contribution in [3.05, 3.63) is 70.0 Å². The first-order chi connectivity index (χ1) is 12.2. The van der Waals surface area contributed by atoms with Crippen LogP contribution in [0.2, 0.25) is 5.02 Å². The van der Waals surface area contributed by atoms with E-state index in [1.165, 1.54) is 31.9 Å².